The van der Waals surface area contributed by atoms with Crippen LogP contribution in [0.5, 0.6) is 11.5 Å². The molecular formula is C38H34N2O6S4. The maximum Gasteiger partial charge on any atom is 0.188 e. The summed E-state index contributed by atoms with van der Waals surface area (Å²) in [5.74, 6) is 0.427. The lowest BCUT2D eigenvalue weighted by Gasteiger charge is -2.31. The monoisotopic (exact) mass is 742 g/mol. The van der Waals surface area contributed by atoms with Gasteiger partial charge < -0.3 is 9.47 Å². The topological polar surface area (TPSA) is 111 Å². The van der Waals surface area contributed by atoms with Crippen molar-refractivity contribution in [2.24, 2.45) is 33.7 Å². The fourth-order valence-electron chi connectivity index (χ4n) is 9.00. The van der Waals surface area contributed by atoms with Crippen molar-refractivity contribution in [1.29, 1.82) is 0 Å². The van der Waals surface area contributed by atoms with Gasteiger partial charge in [-0.2, -0.15) is 0 Å². The maximum atomic E-state index is 13.2. The Bertz CT molecular complexity index is 2100. The molecule has 6 heterocycles. The number of hydrogen-bond donors (Lipinski definition) is 0. The first-order valence-electron chi connectivity index (χ1n) is 17.5. The summed E-state index contributed by atoms with van der Waals surface area (Å²) in [7, 11) is 0. The van der Waals surface area contributed by atoms with E-state index in [0.29, 0.717) is 10.0 Å². The number of thiophene rings is 4. The quantitative estimate of drug-likeness (QED) is 0.202. The van der Waals surface area contributed by atoms with Gasteiger partial charge in [-0.25, -0.2) is 9.98 Å². The molecule has 0 radical (unpaired) electrons. The van der Waals surface area contributed by atoms with Crippen molar-refractivity contribution < 1.29 is 28.7 Å². The van der Waals surface area contributed by atoms with Crippen LogP contribution in [-0.2, 0) is 30.4 Å². The Balaban J connectivity index is 1.05. The molecule has 4 aromatic rings. The van der Waals surface area contributed by atoms with Crippen LogP contribution in [0.15, 0.2) is 22.1 Å². The zero-order valence-corrected chi connectivity index (χ0v) is 31.4. The molecule has 256 valence electrons. The van der Waals surface area contributed by atoms with Crippen LogP contribution >= 0.6 is 45.3 Å². The highest BCUT2D eigenvalue weighted by Crippen LogP contribution is 2.65. The first-order valence-corrected chi connectivity index (χ1v) is 20.8. The van der Waals surface area contributed by atoms with Crippen LogP contribution in [0.2, 0.25) is 0 Å². The molecule has 0 saturated heterocycles. The lowest BCUT2D eigenvalue weighted by molar-refractivity contribution is -0.120. The third-order valence-electron chi connectivity index (χ3n) is 11.6. The van der Waals surface area contributed by atoms with Crippen LogP contribution in [0, 0.1) is 23.7 Å². The third kappa shape index (κ3) is 4.31. The van der Waals surface area contributed by atoms with E-state index < -0.39 is 11.2 Å². The van der Waals surface area contributed by atoms with Gasteiger partial charge >= 0.3 is 0 Å². The number of rotatable bonds is 2. The minimum atomic E-state index is -0.664. The molecule has 0 bridgehead atoms. The molecule has 8 nitrogen and oxygen atoms in total. The van der Waals surface area contributed by atoms with Gasteiger partial charge in [0.05, 0.1) is 28.9 Å². The van der Waals surface area contributed by atoms with Gasteiger partial charge in [0.1, 0.15) is 21.2 Å². The average Bonchev–Trinajstić information content (AvgIpc) is 3.92. The molecule has 12 heteroatoms. The SMILES string of the molecule is CC1(C)Oc2c(sc3c4c(sc23)-c2sc(N=C3C(=O)C5CCCCC5C3=O)cc2C(C)(C)O4)-c2sc(N=C3C(=O)C4CCCCC4C3=O)cc21. The van der Waals surface area contributed by atoms with Gasteiger partial charge in [-0.1, -0.05) is 25.7 Å². The van der Waals surface area contributed by atoms with Crippen LogP contribution < -0.4 is 9.47 Å². The molecule has 0 N–H and O–H groups in total. The normalized spacial score (nSPS) is 27.3. The second-order valence-electron chi connectivity index (χ2n) is 15.4. The van der Waals surface area contributed by atoms with E-state index in [0.717, 1.165) is 103 Å². The standard InChI is InChI=1S/C38H34N2O6S4/c1-37(2)19-13-21(39-23-25(41)15-9-5-6-10-16(15)26(23)42)47-31(19)33-29(45-37)35-36(49-33)30-34(50-35)32-20(38(3,4)46-30)14-22(48-32)40-24-27(43)17-11-7-8-12-18(17)28(24)44/h13-18H,5-12H2,1-4H3. The van der Waals surface area contributed by atoms with Crippen molar-refractivity contribution in [3.8, 4) is 31.0 Å². The molecule has 2 aliphatic heterocycles. The maximum absolute atomic E-state index is 13.2. The summed E-state index contributed by atoms with van der Waals surface area (Å²) < 4.78 is 15.6. The highest BCUT2D eigenvalue weighted by molar-refractivity contribution is 7.35. The highest BCUT2D eigenvalue weighted by atomic mass is 32.1. The number of ketones is 4. The number of Topliss-reactive ketones (excluding diaryl/α,β-unsaturated/α-hetero) is 4. The third-order valence-corrected chi connectivity index (χ3v) is 16.4. The first kappa shape index (κ1) is 31.4. The Morgan fingerprint density at radius 3 is 1.22 bits per heavy atom. The fraction of sp³-hybridized carbons (Fsp3) is 0.474. The minimum absolute atomic E-state index is 0.0905. The molecule has 4 unspecified atom stereocenters. The average molecular weight is 743 g/mol. The second-order valence-corrected chi connectivity index (χ2v) is 19.5. The summed E-state index contributed by atoms with van der Waals surface area (Å²) in [5, 5.41) is 1.31. The molecule has 4 fully saturated rings. The smallest absolute Gasteiger partial charge is 0.188 e. The number of nitrogens with zero attached hydrogens (tertiary/aromatic N) is 2. The van der Waals surface area contributed by atoms with E-state index in [1.807, 2.05) is 39.8 Å². The molecule has 4 atom stereocenters. The van der Waals surface area contributed by atoms with Gasteiger partial charge in [-0.05, 0) is 65.5 Å². The summed E-state index contributed by atoms with van der Waals surface area (Å²) in [6.45, 7) is 8.17. The summed E-state index contributed by atoms with van der Waals surface area (Å²) in [4.78, 5) is 66.5. The van der Waals surface area contributed by atoms with Gasteiger partial charge in [0, 0.05) is 34.8 Å². The van der Waals surface area contributed by atoms with Gasteiger partial charge in [0.25, 0.3) is 0 Å². The number of ether oxygens (including phenoxy) is 2. The van der Waals surface area contributed by atoms with Gasteiger partial charge in [0.2, 0.25) is 0 Å². The highest BCUT2D eigenvalue weighted by Gasteiger charge is 2.49. The Morgan fingerprint density at radius 2 is 0.880 bits per heavy atom. The lowest BCUT2D eigenvalue weighted by Crippen LogP contribution is -2.27. The molecule has 4 saturated carbocycles. The molecular weight excluding hydrogens is 709 g/mol. The Kier molecular flexibility index (Phi) is 6.67. The lowest BCUT2D eigenvalue weighted by atomic mass is 9.81. The van der Waals surface area contributed by atoms with Crippen LogP contribution in [0.25, 0.3) is 28.9 Å². The summed E-state index contributed by atoms with van der Waals surface area (Å²) in [6.07, 6.45) is 7.05. The Hall–Kier alpha value is -3.32. The summed E-state index contributed by atoms with van der Waals surface area (Å²) in [6, 6.07) is 3.97. The van der Waals surface area contributed by atoms with E-state index in [9.17, 15) is 19.2 Å². The van der Waals surface area contributed by atoms with Crippen LogP contribution in [0.1, 0.15) is 90.2 Å². The molecule has 4 aliphatic carbocycles. The van der Waals surface area contributed by atoms with Crippen LogP contribution in [-0.4, -0.2) is 34.6 Å². The van der Waals surface area contributed by atoms with E-state index in [1.54, 1.807) is 22.7 Å². The van der Waals surface area contributed by atoms with Gasteiger partial charge in [-0.15, -0.1) is 45.3 Å². The van der Waals surface area contributed by atoms with Gasteiger partial charge in [-0.3, -0.25) is 19.2 Å². The fourth-order valence-corrected chi connectivity index (χ4v) is 14.3. The predicted molar refractivity (Wildman–Crippen MR) is 199 cm³/mol. The zero-order valence-electron chi connectivity index (χ0n) is 28.1. The van der Waals surface area contributed by atoms with Crippen LogP contribution in [0.4, 0.5) is 10.0 Å². The van der Waals surface area contributed by atoms with E-state index >= 15 is 0 Å². The number of fused-ring (bicyclic) bond motifs is 11. The minimum Gasteiger partial charge on any atom is -0.480 e. The number of carbonyl (C=O) groups excluding carboxylic acids is 4. The Labute approximate surface area is 304 Å². The second kappa shape index (κ2) is 10.6. The number of carbonyl (C=O) groups is 4. The zero-order chi connectivity index (χ0) is 34.4. The largest absolute Gasteiger partial charge is 0.480 e. The number of aliphatic imine (C=N–C) groups is 2. The number of hydrogen-bond acceptors (Lipinski definition) is 12. The first-order chi connectivity index (χ1) is 23.9. The molecule has 0 amide bonds. The molecule has 10 rings (SSSR count). The molecule has 4 aromatic heterocycles. The van der Waals surface area contributed by atoms with Crippen molar-refractivity contribution in [2.75, 3.05) is 0 Å². The van der Waals surface area contributed by atoms with E-state index in [4.69, 9.17) is 19.5 Å². The predicted octanol–water partition coefficient (Wildman–Crippen LogP) is 9.74. The Morgan fingerprint density at radius 1 is 0.540 bits per heavy atom. The van der Waals surface area contributed by atoms with Crippen molar-refractivity contribution in [3.63, 3.8) is 0 Å². The van der Waals surface area contributed by atoms with Crippen molar-refractivity contribution in [2.45, 2.75) is 90.3 Å². The molecule has 0 spiro atoms. The summed E-state index contributed by atoms with van der Waals surface area (Å²) in [5.41, 5.74) is 0.896. The van der Waals surface area contributed by atoms with E-state index in [1.165, 1.54) is 22.7 Å². The van der Waals surface area contributed by atoms with Gasteiger partial charge in [0.15, 0.2) is 46.1 Å². The molecule has 6 aliphatic rings. The molecule has 0 aromatic carbocycles. The van der Waals surface area contributed by atoms with Crippen molar-refractivity contribution >= 4 is 99.3 Å². The molecule has 50 heavy (non-hydrogen) atoms. The summed E-state index contributed by atoms with van der Waals surface area (Å²) >= 11 is 6.29. The van der Waals surface area contributed by atoms with Crippen molar-refractivity contribution in [1.82, 2.24) is 0 Å². The van der Waals surface area contributed by atoms with E-state index in [2.05, 4.69) is 0 Å². The van der Waals surface area contributed by atoms with E-state index in [-0.39, 0.29) is 58.2 Å². The van der Waals surface area contributed by atoms with Crippen LogP contribution in [0.3, 0.4) is 0 Å². The van der Waals surface area contributed by atoms with Crippen molar-refractivity contribution in [3.05, 3.63) is 23.3 Å².